The Balaban J connectivity index is 1.69. The molecule has 6 nitrogen and oxygen atoms in total. The van der Waals surface area contributed by atoms with E-state index in [1.165, 1.54) is 0 Å². The molecule has 1 N–H and O–H groups in total. The van der Waals surface area contributed by atoms with Crippen LogP contribution in [-0.4, -0.2) is 43.2 Å². The lowest BCUT2D eigenvalue weighted by Crippen LogP contribution is -2.50. The third-order valence-electron chi connectivity index (χ3n) is 3.44. The highest BCUT2D eigenvalue weighted by Gasteiger charge is 2.21. The lowest BCUT2D eigenvalue weighted by molar-refractivity contribution is -0.148. The summed E-state index contributed by atoms with van der Waals surface area (Å²) in [5, 5.41) is 1.82. The van der Waals surface area contributed by atoms with Crippen LogP contribution in [0.15, 0.2) is 30.3 Å². The van der Waals surface area contributed by atoms with Crippen molar-refractivity contribution in [1.82, 2.24) is 10.4 Å². The molecule has 1 fully saturated rings. The van der Waals surface area contributed by atoms with E-state index in [0.717, 1.165) is 5.56 Å². The Kier molecular flexibility index (Phi) is 6.36. The van der Waals surface area contributed by atoms with Crippen molar-refractivity contribution in [1.29, 1.82) is 0 Å². The highest BCUT2D eigenvalue weighted by Crippen LogP contribution is 2.07. The summed E-state index contributed by atoms with van der Waals surface area (Å²) in [6, 6.07) is 9.47. The lowest BCUT2D eigenvalue weighted by atomic mass is 10.1. The van der Waals surface area contributed by atoms with Crippen molar-refractivity contribution >= 4 is 11.9 Å². The second-order valence-electron chi connectivity index (χ2n) is 5.33. The minimum atomic E-state index is -0.425. The van der Waals surface area contributed by atoms with Crippen LogP contribution >= 0.6 is 0 Å². The fourth-order valence-electron chi connectivity index (χ4n) is 2.08. The Morgan fingerprint density at radius 1 is 1.27 bits per heavy atom. The Labute approximate surface area is 130 Å². The maximum absolute atomic E-state index is 12.0. The van der Waals surface area contributed by atoms with E-state index >= 15 is 0 Å². The van der Waals surface area contributed by atoms with Crippen LogP contribution in [0.2, 0.25) is 0 Å². The van der Waals surface area contributed by atoms with Crippen molar-refractivity contribution < 1.29 is 19.1 Å². The zero-order valence-corrected chi connectivity index (χ0v) is 12.8. The van der Waals surface area contributed by atoms with E-state index in [4.69, 9.17) is 9.47 Å². The van der Waals surface area contributed by atoms with Gasteiger partial charge >= 0.3 is 5.97 Å². The van der Waals surface area contributed by atoms with Gasteiger partial charge in [-0.15, -0.1) is 0 Å². The van der Waals surface area contributed by atoms with Crippen LogP contribution in [0.25, 0.3) is 0 Å². The van der Waals surface area contributed by atoms with Crippen molar-refractivity contribution in [3.05, 3.63) is 35.9 Å². The summed E-state index contributed by atoms with van der Waals surface area (Å²) in [5.41, 5.74) is 3.74. The molecule has 0 radical (unpaired) electrons. The molecule has 0 unspecified atom stereocenters. The normalized spacial score (nSPS) is 16.8. The average molecular weight is 306 g/mol. The molecule has 1 atom stereocenters. The number of carbonyl (C=O) groups excluding carboxylic acids is 2. The molecule has 6 heteroatoms. The van der Waals surface area contributed by atoms with Gasteiger partial charge in [-0.1, -0.05) is 37.3 Å². The number of esters is 1. The molecule has 1 aromatic rings. The van der Waals surface area contributed by atoms with E-state index in [2.05, 4.69) is 5.43 Å². The van der Waals surface area contributed by atoms with E-state index in [0.29, 0.717) is 26.3 Å². The number of hydrazine groups is 1. The Morgan fingerprint density at radius 2 is 1.95 bits per heavy atom. The topological polar surface area (TPSA) is 67.9 Å². The fraction of sp³-hybridized carbons (Fsp3) is 0.500. The van der Waals surface area contributed by atoms with E-state index < -0.39 is 5.92 Å². The van der Waals surface area contributed by atoms with Gasteiger partial charge in [-0.05, 0) is 5.56 Å². The van der Waals surface area contributed by atoms with E-state index in [1.807, 2.05) is 35.3 Å². The van der Waals surface area contributed by atoms with Crippen molar-refractivity contribution in [2.24, 2.45) is 5.92 Å². The first-order valence-corrected chi connectivity index (χ1v) is 7.48. The second kappa shape index (κ2) is 8.51. The van der Waals surface area contributed by atoms with Gasteiger partial charge in [-0.2, -0.15) is 0 Å². The van der Waals surface area contributed by atoms with Gasteiger partial charge in [0.1, 0.15) is 6.61 Å². The number of benzene rings is 1. The maximum atomic E-state index is 12.0. The molecular formula is C16H22N2O4. The highest BCUT2D eigenvalue weighted by atomic mass is 16.5. The Morgan fingerprint density at radius 3 is 2.64 bits per heavy atom. The van der Waals surface area contributed by atoms with Crippen molar-refractivity contribution in [3.8, 4) is 0 Å². The molecule has 2 rings (SSSR count). The molecule has 22 heavy (non-hydrogen) atoms. The Bertz CT molecular complexity index is 486. The van der Waals surface area contributed by atoms with Gasteiger partial charge < -0.3 is 9.47 Å². The quantitative estimate of drug-likeness (QED) is 0.798. The molecule has 1 heterocycles. The zero-order valence-electron chi connectivity index (χ0n) is 12.8. The van der Waals surface area contributed by atoms with Crippen molar-refractivity contribution in [3.63, 3.8) is 0 Å². The van der Waals surface area contributed by atoms with Gasteiger partial charge in [-0.25, -0.2) is 5.01 Å². The molecule has 0 spiro atoms. The number of hydrogen-bond acceptors (Lipinski definition) is 5. The monoisotopic (exact) mass is 306 g/mol. The summed E-state index contributed by atoms with van der Waals surface area (Å²) in [4.78, 5) is 23.8. The highest BCUT2D eigenvalue weighted by molar-refractivity contribution is 5.83. The largest absolute Gasteiger partial charge is 0.461 e. The number of hydrogen-bond donors (Lipinski definition) is 1. The van der Waals surface area contributed by atoms with Crippen LogP contribution in [0.5, 0.6) is 0 Å². The van der Waals surface area contributed by atoms with E-state index in [1.54, 1.807) is 6.92 Å². The minimum Gasteiger partial charge on any atom is -0.461 e. The van der Waals surface area contributed by atoms with E-state index in [-0.39, 0.29) is 24.9 Å². The third kappa shape index (κ3) is 5.46. The van der Waals surface area contributed by atoms with Crippen LogP contribution < -0.4 is 5.43 Å². The number of rotatable bonds is 6. The van der Waals surface area contributed by atoms with Gasteiger partial charge in [-0.3, -0.25) is 15.0 Å². The van der Waals surface area contributed by atoms with Gasteiger partial charge in [0.15, 0.2) is 0 Å². The predicted octanol–water partition coefficient (Wildman–Crippen LogP) is 1.12. The maximum Gasteiger partial charge on any atom is 0.306 e. The number of morpholine rings is 1. The summed E-state index contributed by atoms with van der Waals surface area (Å²) >= 11 is 0. The lowest BCUT2D eigenvalue weighted by Gasteiger charge is -2.28. The summed E-state index contributed by atoms with van der Waals surface area (Å²) < 4.78 is 10.4. The molecule has 0 bridgehead atoms. The SMILES string of the molecule is C[C@H](CC(=O)OCc1ccccc1)C(=O)NN1CCOCC1. The first kappa shape index (κ1) is 16.5. The van der Waals surface area contributed by atoms with Gasteiger partial charge in [0, 0.05) is 19.0 Å². The molecule has 1 aliphatic rings. The number of nitrogens with zero attached hydrogens (tertiary/aromatic N) is 1. The van der Waals surface area contributed by atoms with Crippen LogP contribution in [0.4, 0.5) is 0 Å². The van der Waals surface area contributed by atoms with Gasteiger partial charge in [0.25, 0.3) is 0 Å². The summed E-state index contributed by atoms with van der Waals surface area (Å²) in [5.74, 6) is -0.960. The number of ether oxygens (including phenoxy) is 2. The van der Waals surface area contributed by atoms with Crippen molar-refractivity contribution in [2.45, 2.75) is 20.0 Å². The summed E-state index contributed by atoms with van der Waals surface area (Å²) in [6.07, 6.45) is 0.0724. The number of carbonyl (C=O) groups is 2. The molecule has 1 aromatic carbocycles. The molecule has 0 aliphatic carbocycles. The molecule has 1 amide bonds. The first-order valence-electron chi connectivity index (χ1n) is 7.48. The molecule has 1 aliphatic heterocycles. The molecular weight excluding hydrogens is 284 g/mol. The van der Waals surface area contributed by atoms with Gasteiger partial charge in [0.05, 0.1) is 19.6 Å². The molecule has 0 aromatic heterocycles. The first-order chi connectivity index (χ1) is 10.6. The smallest absolute Gasteiger partial charge is 0.306 e. The third-order valence-corrected chi connectivity index (χ3v) is 3.44. The summed E-state index contributed by atoms with van der Waals surface area (Å²) in [6.45, 7) is 4.49. The Hall–Kier alpha value is -1.92. The summed E-state index contributed by atoms with van der Waals surface area (Å²) in [7, 11) is 0. The minimum absolute atomic E-state index is 0.0724. The average Bonchev–Trinajstić information content (AvgIpc) is 2.55. The predicted molar refractivity (Wildman–Crippen MR) is 80.6 cm³/mol. The van der Waals surface area contributed by atoms with E-state index in [9.17, 15) is 9.59 Å². The number of amides is 1. The molecule has 0 saturated carbocycles. The van der Waals surface area contributed by atoms with Crippen LogP contribution in [0.3, 0.4) is 0 Å². The second-order valence-corrected chi connectivity index (χ2v) is 5.33. The van der Waals surface area contributed by atoms with Crippen LogP contribution in [0.1, 0.15) is 18.9 Å². The van der Waals surface area contributed by atoms with Crippen LogP contribution in [-0.2, 0) is 25.7 Å². The van der Waals surface area contributed by atoms with Crippen LogP contribution in [0, 0.1) is 5.92 Å². The van der Waals surface area contributed by atoms with Gasteiger partial charge in [0.2, 0.25) is 5.91 Å². The fourth-order valence-corrected chi connectivity index (χ4v) is 2.08. The molecule has 120 valence electrons. The zero-order chi connectivity index (χ0) is 15.8. The number of nitrogens with one attached hydrogen (secondary N) is 1. The van der Waals surface area contributed by atoms with Crippen molar-refractivity contribution in [2.75, 3.05) is 26.3 Å². The standard InChI is InChI=1S/C16H22N2O4/c1-13(16(20)17-18-7-9-21-10-8-18)11-15(19)22-12-14-5-3-2-4-6-14/h2-6,13H,7-12H2,1H3,(H,17,20)/t13-/m1/s1. The molecule has 1 saturated heterocycles.